The highest BCUT2D eigenvalue weighted by molar-refractivity contribution is 6.50. The third-order valence-corrected chi connectivity index (χ3v) is 2.66. The van der Waals surface area contributed by atoms with E-state index in [9.17, 15) is 9.59 Å². The van der Waals surface area contributed by atoms with E-state index >= 15 is 0 Å². The fourth-order valence-electron chi connectivity index (χ4n) is 1.78. The van der Waals surface area contributed by atoms with Crippen molar-refractivity contribution < 1.29 is 14.3 Å². The van der Waals surface area contributed by atoms with Gasteiger partial charge in [0.1, 0.15) is 12.4 Å². The second-order valence-corrected chi connectivity index (χ2v) is 3.94. The standard InChI is InChI=1S/C15H14O3/c1-2-3-6-9-18-14-10-13(16)15(17)12-8-5-4-7-11(12)14/h3-8,10H,2,9H2,1H3. The molecule has 0 heterocycles. The van der Waals surface area contributed by atoms with Crippen molar-refractivity contribution in [3.05, 3.63) is 53.6 Å². The van der Waals surface area contributed by atoms with Crippen LogP contribution in [0.3, 0.4) is 0 Å². The average Bonchev–Trinajstić information content (AvgIpc) is 2.40. The summed E-state index contributed by atoms with van der Waals surface area (Å²) < 4.78 is 5.53. The molecule has 0 unspecified atom stereocenters. The van der Waals surface area contributed by atoms with Crippen LogP contribution in [0.4, 0.5) is 0 Å². The summed E-state index contributed by atoms with van der Waals surface area (Å²) in [7, 11) is 0. The number of carbonyl (C=O) groups excluding carboxylic acids is 2. The first-order valence-electron chi connectivity index (χ1n) is 5.91. The predicted octanol–water partition coefficient (Wildman–Crippen LogP) is 2.78. The molecule has 0 spiro atoms. The lowest BCUT2D eigenvalue weighted by atomic mass is 9.94. The van der Waals surface area contributed by atoms with E-state index in [0.717, 1.165) is 6.42 Å². The van der Waals surface area contributed by atoms with Gasteiger partial charge in [-0.25, -0.2) is 0 Å². The van der Waals surface area contributed by atoms with E-state index in [1.807, 2.05) is 25.1 Å². The van der Waals surface area contributed by atoms with Gasteiger partial charge in [-0.15, -0.1) is 0 Å². The van der Waals surface area contributed by atoms with Crippen molar-refractivity contribution in [2.24, 2.45) is 0 Å². The lowest BCUT2D eigenvalue weighted by Crippen LogP contribution is -2.19. The highest BCUT2D eigenvalue weighted by Gasteiger charge is 2.25. The molecule has 0 saturated heterocycles. The molecule has 3 heteroatoms. The van der Waals surface area contributed by atoms with E-state index in [1.165, 1.54) is 6.08 Å². The first-order chi connectivity index (χ1) is 8.74. The predicted molar refractivity (Wildman–Crippen MR) is 69.1 cm³/mol. The molecule has 1 aliphatic rings. The maximum absolute atomic E-state index is 11.7. The number of carbonyl (C=O) groups is 2. The van der Waals surface area contributed by atoms with Gasteiger partial charge in [0.15, 0.2) is 0 Å². The number of rotatable bonds is 4. The van der Waals surface area contributed by atoms with Gasteiger partial charge in [-0.05, 0) is 6.42 Å². The molecule has 0 aromatic heterocycles. The number of hydrogen-bond donors (Lipinski definition) is 0. The zero-order chi connectivity index (χ0) is 13.0. The van der Waals surface area contributed by atoms with Crippen LogP contribution in [0.25, 0.3) is 5.76 Å². The molecule has 0 fully saturated rings. The highest BCUT2D eigenvalue weighted by Crippen LogP contribution is 2.25. The Bertz CT molecular complexity index is 538. The summed E-state index contributed by atoms with van der Waals surface area (Å²) in [6.07, 6.45) is 6.09. The third kappa shape index (κ3) is 2.40. The summed E-state index contributed by atoms with van der Waals surface area (Å²) in [6.45, 7) is 2.43. The highest BCUT2D eigenvalue weighted by atomic mass is 16.5. The Morgan fingerprint density at radius 2 is 1.83 bits per heavy atom. The SMILES string of the molecule is CCC=CCOC1=CC(=O)C(=O)c2ccccc21. The van der Waals surface area contributed by atoms with Gasteiger partial charge in [-0.2, -0.15) is 0 Å². The number of Topliss-reactive ketones (excluding diaryl/α,β-unsaturated/α-hetero) is 1. The van der Waals surface area contributed by atoms with Gasteiger partial charge in [-0.3, -0.25) is 9.59 Å². The maximum Gasteiger partial charge on any atom is 0.233 e. The van der Waals surface area contributed by atoms with Crippen LogP contribution in [0.5, 0.6) is 0 Å². The minimum absolute atomic E-state index is 0.398. The smallest absolute Gasteiger partial charge is 0.233 e. The quantitative estimate of drug-likeness (QED) is 0.602. The van der Waals surface area contributed by atoms with Crippen molar-refractivity contribution in [3.8, 4) is 0 Å². The van der Waals surface area contributed by atoms with Crippen LogP contribution in [-0.4, -0.2) is 18.2 Å². The molecule has 3 nitrogen and oxygen atoms in total. The third-order valence-electron chi connectivity index (χ3n) is 2.66. The van der Waals surface area contributed by atoms with Gasteiger partial charge in [-0.1, -0.05) is 43.3 Å². The molecule has 92 valence electrons. The first kappa shape index (κ1) is 12.3. The topological polar surface area (TPSA) is 43.4 Å². The Balaban J connectivity index is 2.25. The van der Waals surface area contributed by atoms with E-state index in [0.29, 0.717) is 23.5 Å². The number of ether oxygens (including phenoxy) is 1. The second kappa shape index (κ2) is 5.45. The number of fused-ring (bicyclic) bond motifs is 1. The fourth-order valence-corrected chi connectivity index (χ4v) is 1.78. The Kier molecular flexibility index (Phi) is 3.72. The average molecular weight is 242 g/mol. The zero-order valence-electron chi connectivity index (χ0n) is 10.2. The van der Waals surface area contributed by atoms with Crippen LogP contribution in [0.15, 0.2) is 42.5 Å². The van der Waals surface area contributed by atoms with Crippen LogP contribution in [-0.2, 0) is 9.53 Å². The lowest BCUT2D eigenvalue weighted by molar-refractivity contribution is -0.111. The first-order valence-corrected chi connectivity index (χ1v) is 5.91. The molecule has 18 heavy (non-hydrogen) atoms. The Morgan fingerprint density at radius 3 is 2.56 bits per heavy atom. The van der Waals surface area contributed by atoms with Gasteiger partial charge < -0.3 is 4.74 Å². The normalized spacial score (nSPS) is 14.6. The van der Waals surface area contributed by atoms with Crippen molar-refractivity contribution in [1.82, 2.24) is 0 Å². The Hall–Kier alpha value is -2.16. The molecule has 0 saturated carbocycles. The number of hydrogen-bond acceptors (Lipinski definition) is 3. The van der Waals surface area contributed by atoms with Crippen molar-refractivity contribution in [3.63, 3.8) is 0 Å². The van der Waals surface area contributed by atoms with Crippen LogP contribution in [0.1, 0.15) is 29.3 Å². The van der Waals surface area contributed by atoms with E-state index < -0.39 is 11.6 Å². The molecular weight excluding hydrogens is 228 g/mol. The van der Waals surface area contributed by atoms with Gasteiger partial charge in [0, 0.05) is 17.2 Å². The molecule has 1 aliphatic carbocycles. The summed E-state index contributed by atoms with van der Waals surface area (Å²) >= 11 is 0. The molecule has 0 atom stereocenters. The monoisotopic (exact) mass is 242 g/mol. The van der Waals surface area contributed by atoms with Gasteiger partial charge in [0.2, 0.25) is 11.6 Å². The number of benzene rings is 1. The molecule has 1 aromatic carbocycles. The van der Waals surface area contributed by atoms with E-state index in [4.69, 9.17) is 4.74 Å². The minimum Gasteiger partial charge on any atom is -0.489 e. The zero-order valence-corrected chi connectivity index (χ0v) is 10.2. The van der Waals surface area contributed by atoms with Crippen molar-refractivity contribution >= 4 is 17.3 Å². The van der Waals surface area contributed by atoms with E-state index in [-0.39, 0.29) is 0 Å². The molecule has 1 aromatic rings. The summed E-state index contributed by atoms with van der Waals surface area (Å²) in [4.78, 5) is 23.2. The summed E-state index contributed by atoms with van der Waals surface area (Å²) in [5.74, 6) is -0.527. The van der Waals surface area contributed by atoms with Crippen molar-refractivity contribution in [2.45, 2.75) is 13.3 Å². The molecule has 0 bridgehead atoms. The van der Waals surface area contributed by atoms with Crippen LogP contribution in [0, 0.1) is 0 Å². The number of ketones is 2. The van der Waals surface area contributed by atoms with Crippen LogP contribution >= 0.6 is 0 Å². The second-order valence-electron chi connectivity index (χ2n) is 3.94. The summed E-state index contributed by atoms with van der Waals surface area (Å²) in [5, 5.41) is 0. The molecule has 0 amide bonds. The molecule has 0 aliphatic heterocycles. The van der Waals surface area contributed by atoms with Gasteiger partial charge in [0.25, 0.3) is 0 Å². The van der Waals surface area contributed by atoms with Crippen LogP contribution < -0.4 is 0 Å². The molecule has 0 radical (unpaired) electrons. The Morgan fingerprint density at radius 1 is 1.11 bits per heavy atom. The molecule has 0 N–H and O–H groups in total. The maximum atomic E-state index is 11.7. The molecule has 2 rings (SSSR count). The summed E-state index contributed by atoms with van der Waals surface area (Å²) in [6, 6.07) is 6.99. The van der Waals surface area contributed by atoms with Crippen LogP contribution in [0.2, 0.25) is 0 Å². The Labute approximate surface area is 106 Å². The lowest BCUT2D eigenvalue weighted by Gasteiger charge is -2.15. The van der Waals surface area contributed by atoms with Gasteiger partial charge >= 0.3 is 0 Å². The van der Waals surface area contributed by atoms with E-state index in [2.05, 4.69) is 0 Å². The number of allylic oxidation sites excluding steroid dienone is 2. The summed E-state index contributed by atoms with van der Waals surface area (Å²) in [5.41, 5.74) is 1.10. The largest absolute Gasteiger partial charge is 0.489 e. The minimum atomic E-state index is -0.525. The van der Waals surface area contributed by atoms with Crippen molar-refractivity contribution in [2.75, 3.05) is 6.61 Å². The molecular formula is C15H14O3. The fraction of sp³-hybridized carbons (Fsp3) is 0.200. The van der Waals surface area contributed by atoms with Gasteiger partial charge in [0.05, 0.1) is 0 Å². The van der Waals surface area contributed by atoms with E-state index in [1.54, 1.807) is 18.2 Å². The van der Waals surface area contributed by atoms with Crippen molar-refractivity contribution in [1.29, 1.82) is 0 Å².